The van der Waals surface area contributed by atoms with Crippen LogP contribution in [0.25, 0.3) is 0 Å². The summed E-state index contributed by atoms with van der Waals surface area (Å²) in [6.45, 7) is 24.9. The molecule has 6 aliphatic rings. The molecule has 0 saturated carbocycles. The second-order valence-corrected chi connectivity index (χ2v) is 23.1. The quantitative estimate of drug-likeness (QED) is 0.247. The van der Waals surface area contributed by atoms with Crippen LogP contribution in [-0.2, 0) is 32.2 Å². The number of piperidine rings is 4. The highest BCUT2D eigenvalue weighted by Gasteiger charge is 2.48. The number of carboxylic acid groups (broad SMARTS) is 1. The van der Waals surface area contributed by atoms with E-state index in [0.717, 1.165) is 156 Å². The van der Waals surface area contributed by atoms with Crippen molar-refractivity contribution in [3.63, 3.8) is 0 Å². The zero-order valence-corrected chi connectivity index (χ0v) is 43.1. The van der Waals surface area contributed by atoms with Gasteiger partial charge in [-0.15, -0.1) is 0 Å². The molecule has 2 spiro atoms. The Morgan fingerprint density at radius 1 is 0.594 bits per heavy atom. The van der Waals surface area contributed by atoms with Gasteiger partial charge in [0.25, 0.3) is 11.8 Å². The van der Waals surface area contributed by atoms with Crippen molar-refractivity contribution in [1.82, 2.24) is 29.8 Å². The summed E-state index contributed by atoms with van der Waals surface area (Å²) in [5, 5.41) is 12.7. The monoisotopic (exact) mass is 955 g/mol. The molecule has 14 nitrogen and oxygen atoms in total. The Labute approximate surface area is 411 Å². The van der Waals surface area contributed by atoms with Crippen LogP contribution in [-0.4, -0.2) is 147 Å². The normalized spacial score (nSPS) is 21.5. The number of esters is 1. The van der Waals surface area contributed by atoms with E-state index in [9.17, 15) is 29.1 Å². The molecule has 2 aromatic rings. The van der Waals surface area contributed by atoms with E-state index < -0.39 is 17.2 Å². The van der Waals surface area contributed by atoms with Gasteiger partial charge in [0.15, 0.2) is 0 Å². The van der Waals surface area contributed by atoms with Crippen molar-refractivity contribution >= 4 is 29.8 Å². The van der Waals surface area contributed by atoms with Crippen molar-refractivity contribution in [2.45, 2.75) is 168 Å². The lowest BCUT2D eigenvalue weighted by atomic mass is 9.84. The summed E-state index contributed by atoms with van der Waals surface area (Å²) in [4.78, 5) is 74.9. The molecule has 8 rings (SSSR count). The van der Waals surface area contributed by atoms with E-state index in [2.05, 4.69) is 50.9 Å². The lowest BCUT2D eigenvalue weighted by Crippen LogP contribution is -2.55. The number of carbonyl (C=O) groups excluding carboxylic acids is 4. The highest BCUT2D eigenvalue weighted by atomic mass is 16.6. The number of amides is 3. The van der Waals surface area contributed by atoms with Crippen LogP contribution in [0.3, 0.4) is 0 Å². The van der Waals surface area contributed by atoms with Crippen molar-refractivity contribution in [2.24, 2.45) is 11.8 Å². The minimum absolute atomic E-state index is 0.0321. The van der Waals surface area contributed by atoms with Gasteiger partial charge in [0.1, 0.15) is 11.2 Å². The predicted octanol–water partition coefficient (Wildman–Crippen LogP) is 8.20. The van der Waals surface area contributed by atoms with Crippen LogP contribution in [0, 0.1) is 25.7 Å². The number of hydrogen-bond donors (Lipinski definition) is 2. The summed E-state index contributed by atoms with van der Waals surface area (Å²) < 4.78 is 11.2. The SMILES string of the molecule is Cc1ccc(C(=O)N2CCCC23CCN(C(=O)OC(C)(C)C)CC3)c(CN2CCC(C(=O)OC(C)(C)C)CC2)c1.Cc1ccc(C(=O)N2CCCC23CCNCC3)c(CN2CCC(C(=O)O)CC2)c1. The second kappa shape index (κ2) is 21.9. The first-order valence-corrected chi connectivity index (χ1v) is 26.1. The van der Waals surface area contributed by atoms with Gasteiger partial charge in [0, 0.05) is 61.5 Å². The molecule has 0 bridgehead atoms. The summed E-state index contributed by atoms with van der Waals surface area (Å²) in [6, 6.07) is 12.3. The lowest BCUT2D eigenvalue weighted by Gasteiger charge is -2.45. The Kier molecular flexibility index (Phi) is 16.6. The summed E-state index contributed by atoms with van der Waals surface area (Å²) >= 11 is 0. The minimum Gasteiger partial charge on any atom is -0.481 e. The first-order valence-electron chi connectivity index (χ1n) is 26.1. The molecule has 6 heterocycles. The molecule has 0 radical (unpaired) electrons. The molecule has 6 fully saturated rings. The summed E-state index contributed by atoms with van der Waals surface area (Å²) in [5.41, 5.74) is 4.87. The molecule has 0 unspecified atom stereocenters. The van der Waals surface area contributed by atoms with E-state index in [1.165, 1.54) is 0 Å². The van der Waals surface area contributed by atoms with Gasteiger partial charge in [-0.1, -0.05) is 35.4 Å². The average Bonchev–Trinajstić information content (AvgIpc) is 3.89. The van der Waals surface area contributed by atoms with Gasteiger partial charge in [0.2, 0.25) is 0 Å². The third-order valence-electron chi connectivity index (χ3n) is 15.6. The number of likely N-dealkylation sites (tertiary alicyclic amines) is 5. The number of carbonyl (C=O) groups is 5. The van der Waals surface area contributed by atoms with Crippen molar-refractivity contribution < 1.29 is 38.6 Å². The molecule has 14 heteroatoms. The van der Waals surface area contributed by atoms with E-state index in [0.29, 0.717) is 32.5 Å². The number of hydrogen-bond acceptors (Lipinski definition) is 10. The van der Waals surface area contributed by atoms with Crippen LogP contribution >= 0.6 is 0 Å². The Balaban J connectivity index is 0.000000214. The number of benzene rings is 2. The first-order chi connectivity index (χ1) is 32.6. The Hall–Kier alpha value is -4.53. The van der Waals surface area contributed by atoms with E-state index in [1.54, 1.807) is 4.90 Å². The number of rotatable bonds is 8. The van der Waals surface area contributed by atoms with Crippen molar-refractivity contribution in [1.29, 1.82) is 0 Å². The van der Waals surface area contributed by atoms with Crippen molar-refractivity contribution in [3.05, 3.63) is 69.8 Å². The number of nitrogens with zero attached hydrogens (tertiary/aromatic N) is 5. The molecule has 0 aromatic heterocycles. The van der Waals surface area contributed by atoms with Gasteiger partial charge in [0.05, 0.1) is 11.8 Å². The zero-order chi connectivity index (χ0) is 49.7. The van der Waals surface area contributed by atoms with Crippen LogP contribution in [0.5, 0.6) is 0 Å². The van der Waals surface area contributed by atoms with Gasteiger partial charge >= 0.3 is 18.0 Å². The third kappa shape index (κ3) is 13.1. The number of nitrogens with one attached hydrogen (secondary N) is 1. The maximum absolute atomic E-state index is 14.1. The maximum Gasteiger partial charge on any atom is 0.410 e. The van der Waals surface area contributed by atoms with Crippen molar-refractivity contribution in [2.75, 3.05) is 65.4 Å². The molecule has 2 aromatic carbocycles. The molecule has 380 valence electrons. The zero-order valence-electron chi connectivity index (χ0n) is 43.1. The minimum atomic E-state index is -0.683. The van der Waals surface area contributed by atoms with Crippen LogP contribution < -0.4 is 5.32 Å². The average molecular weight is 955 g/mol. The fraction of sp³-hybridized carbons (Fsp3) is 0.691. The van der Waals surface area contributed by atoms with E-state index in [-0.39, 0.29) is 46.8 Å². The molecule has 6 saturated heterocycles. The molecule has 0 atom stereocenters. The predicted molar refractivity (Wildman–Crippen MR) is 267 cm³/mol. The summed E-state index contributed by atoms with van der Waals surface area (Å²) in [5.74, 6) is -0.797. The smallest absolute Gasteiger partial charge is 0.410 e. The molecule has 69 heavy (non-hydrogen) atoms. The topological polar surface area (TPSA) is 152 Å². The van der Waals surface area contributed by atoms with Crippen molar-refractivity contribution in [3.8, 4) is 0 Å². The molecule has 0 aliphatic carbocycles. The molecular formula is C55H82N6O8. The van der Waals surface area contributed by atoms with Crippen LogP contribution in [0.2, 0.25) is 0 Å². The van der Waals surface area contributed by atoms with Crippen LogP contribution in [0.4, 0.5) is 4.79 Å². The number of ether oxygens (including phenoxy) is 2. The molecular weight excluding hydrogens is 873 g/mol. The summed E-state index contributed by atoms with van der Waals surface area (Å²) in [7, 11) is 0. The number of aryl methyl sites for hydroxylation is 2. The van der Waals surface area contributed by atoms with E-state index in [1.807, 2.05) is 65.8 Å². The van der Waals surface area contributed by atoms with Gasteiger partial charge in [-0.3, -0.25) is 29.0 Å². The standard InChI is InChI=1S/C32H49N3O5.C23H33N3O3/c1-23-9-10-26(25(21-23)22-33-17-11-24(12-18-33)28(37)39-30(2,3)4)27(36)35-16-8-13-32(35)14-19-34(20-15-32)29(38)40-31(5,6)7;1-17-3-4-20(19(15-17)16-25-13-5-18(6-14-25)22(28)29)21(27)26-12-2-7-23(26)8-10-24-11-9-23/h9-10,21,24H,8,11-20,22H2,1-7H3;3-4,15,18,24H,2,5-14,16H2,1H3,(H,28,29). The maximum atomic E-state index is 14.1. The van der Waals surface area contributed by atoms with Gasteiger partial charge in [-0.05, 0) is 195 Å². The van der Waals surface area contributed by atoms with Gasteiger partial charge in [-0.2, -0.15) is 0 Å². The number of carboxylic acids is 1. The highest BCUT2D eigenvalue weighted by Crippen LogP contribution is 2.41. The van der Waals surface area contributed by atoms with Crippen LogP contribution in [0.15, 0.2) is 36.4 Å². The third-order valence-corrected chi connectivity index (χ3v) is 15.6. The fourth-order valence-corrected chi connectivity index (χ4v) is 11.8. The van der Waals surface area contributed by atoms with E-state index in [4.69, 9.17) is 9.47 Å². The van der Waals surface area contributed by atoms with Gasteiger partial charge < -0.3 is 34.6 Å². The van der Waals surface area contributed by atoms with Gasteiger partial charge in [-0.25, -0.2) is 4.79 Å². The second-order valence-electron chi connectivity index (χ2n) is 23.1. The highest BCUT2D eigenvalue weighted by molar-refractivity contribution is 5.97. The fourth-order valence-electron chi connectivity index (χ4n) is 11.8. The van der Waals surface area contributed by atoms with E-state index >= 15 is 0 Å². The van der Waals surface area contributed by atoms with Crippen LogP contribution in [0.1, 0.15) is 162 Å². The lowest BCUT2D eigenvalue weighted by molar-refractivity contribution is -0.161. The Morgan fingerprint density at radius 3 is 1.46 bits per heavy atom. The molecule has 2 N–H and O–H groups in total. The summed E-state index contributed by atoms with van der Waals surface area (Å²) in [6.07, 6.45) is 10.5. The first kappa shape index (κ1) is 52.3. The Bertz CT molecular complexity index is 2150. The Morgan fingerprint density at radius 2 is 1.03 bits per heavy atom. The number of aliphatic carboxylic acids is 1. The molecule has 6 aliphatic heterocycles. The largest absolute Gasteiger partial charge is 0.481 e. The molecule has 3 amide bonds.